The summed E-state index contributed by atoms with van der Waals surface area (Å²) in [4.78, 5) is 4.17. The molecule has 3 heteroatoms. The molecule has 1 aromatic heterocycles. The van der Waals surface area contributed by atoms with Crippen molar-refractivity contribution < 1.29 is 4.74 Å². The zero-order chi connectivity index (χ0) is 9.97. The molecule has 0 aliphatic heterocycles. The van der Waals surface area contributed by atoms with E-state index in [0.29, 0.717) is 0 Å². The van der Waals surface area contributed by atoms with Crippen LogP contribution in [0.5, 0.6) is 5.75 Å². The molecule has 0 unspecified atom stereocenters. The van der Waals surface area contributed by atoms with E-state index in [2.05, 4.69) is 4.98 Å². The van der Waals surface area contributed by atoms with Crippen LogP contribution in [0, 0.1) is 6.92 Å². The average Bonchev–Trinajstić information content (AvgIpc) is 2.65. The fourth-order valence-electron chi connectivity index (χ4n) is 1.41. The topological polar surface area (TPSA) is 27.1 Å². The van der Waals surface area contributed by atoms with Crippen molar-refractivity contribution in [2.24, 2.45) is 0 Å². The molecule has 1 aromatic carbocycles. The summed E-state index contributed by atoms with van der Waals surface area (Å²) in [6.07, 6.45) is 3.72. The van der Waals surface area contributed by atoms with Crippen molar-refractivity contribution >= 4 is 0 Å². The molecular formula is C11H12N2O. The van der Waals surface area contributed by atoms with Crippen LogP contribution in [0.3, 0.4) is 0 Å². The molecule has 0 N–H and O–H groups in total. The lowest BCUT2D eigenvalue weighted by atomic mass is 10.3. The number of hydrogen-bond acceptors (Lipinski definition) is 2. The summed E-state index contributed by atoms with van der Waals surface area (Å²) < 4.78 is 7.18. The van der Waals surface area contributed by atoms with Gasteiger partial charge in [0.05, 0.1) is 12.8 Å². The van der Waals surface area contributed by atoms with Crippen LogP contribution in [0.15, 0.2) is 36.7 Å². The number of imidazole rings is 1. The molecule has 0 atom stereocenters. The number of rotatable bonds is 2. The Morgan fingerprint density at radius 2 is 2.21 bits per heavy atom. The maximum Gasteiger partial charge on any atom is 0.120 e. The SMILES string of the molecule is COc1cccc(-n2ccnc2C)c1. The minimum atomic E-state index is 0.857. The molecule has 0 amide bonds. The second-order valence-electron chi connectivity index (χ2n) is 3.05. The van der Waals surface area contributed by atoms with E-state index in [0.717, 1.165) is 17.3 Å². The summed E-state index contributed by atoms with van der Waals surface area (Å²) in [5.41, 5.74) is 1.07. The zero-order valence-electron chi connectivity index (χ0n) is 8.27. The van der Waals surface area contributed by atoms with Gasteiger partial charge in [-0.15, -0.1) is 0 Å². The van der Waals surface area contributed by atoms with Crippen LogP contribution in [0.4, 0.5) is 0 Å². The highest BCUT2D eigenvalue weighted by molar-refractivity contribution is 5.39. The van der Waals surface area contributed by atoms with Crippen LogP contribution in [0.1, 0.15) is 5.82 Å². The lowest BCUT2D eigenvalue weighted by Crippen LogP contribution is -1.95. The predicted molar refractivity (Wildman–Crippen MR) is 54.9 cm³/mol. The Kier molecular flexibility index (Phi) is 2.23. The van der Waals surface area contributed by atoms with Gasteiger partial charge in [-0.1, -0.05) is 6.07 Å². The molecule has 0 aliphatic carbocycles. The van der Waals surface area contributed by atoms with Crippen molar-refractivity contribution in [1.29, 1.82) is 0 Å². The third-order valence-electron chi connectivity index (χ3n) is 2.16. The molecule has 0 saturated carbocycles. The van der Waals surface area contributed by atoms with Gasteiger partial charge < -0.3 is 9.30 Å². The maximum absolute atomic E-state index is 5.16. The third-order valence-corrected chi connectivity index (χ3v) is 2.16. The Bertz CT molecular complexity index is 434. The first kappa shape index (κ1) is 8.81. The van der Waals surface area contributed by atoms with Gasteiger partial charge in [0.15, 0.2) is 0 Å². The van der Waals surface area contributed by atoms with Crippen molar-refractivity contribution in [3.63, 3.8) is 0 Å². The summed E-state index contributed by atoms with van der Waals surface area (Å²) in [7, 11) is 1.67. The van der Waals surface area contributed by atoms with Gasteiger partial charge in [0.2, 0.25) is 0 Å². The molecule has 1 heterocycles. The predicted octanol–water partition coefficient (Wildman–Crippen LogP) is 2.19. The number of methoxy groups -OCH3 is 1. The van der Waals surface area contributed by atoms with E-state index in [4.69, 9.17) is 4.74 Å². The molecule has 2 rings (SSSR count). The van der Waals surface area contributed by atoms with Crippen LogP contribution in [-0.4, -0.2) is 16.7 Å². The van der Waals surface area contributed by atoms with Gasteiger partial charge in [-0.2, -0.15) is 0 Å². The molecule has 14 heavy (non-hydrogen) atoms. The zero-order valence-corrected chi connectivity index (χ0v) is 8.27. The third kappa shape index (κ3) is 1.48. The molecule has 0 radical (unpaired) electrons. The molecule has 0 saturated heterocycles. The number of aryl methyl sites for hydroxylation is 1. The summed E-state index contributed by atoms with van der Waals surface area (Å²) in [6, 6.07) is 7.90. The van der Waals surface area contributed by atoms with E-state index >= 15 is 0 Å². The van der Waals surface area contributed by atoms with Crippen molar-refractivity contribution in [3.05, 3.63) is 42.5 Å². The Balaban J connectivity index is 2.47. The second kappa shape index (κ2) is 3.54. The summed E-state index contributed by atoms with van der Waals surface area (Å²) in [5.74, 6) is 1.83. The quantitative estimate of drug-likeness (QED) is 0.722. The first-order valence-electron chi connectivity index (χ1n) is 4.45. The second-order valence-corrected chi connectivity index (χ2v) is 3.05. The van der Waals surface area contributed by atoms with E-state index < -0.39 is 0 Å². The Hall–Kier alpha value is -1.77. The van der Waals surface area contributed by atoms with Gasteiger partial charge in [0.25, 0.3) is 0 Å². The highest BCUT2D eigenvalue weighted by atomic mass is 16.5. The lowest BCUT2D eigenvalue weighted by Gasteiger charge is -2.06. The molecule has 0 aliphatic rings. The van der Waals surface area contributed by atoms with Crippen LogP contribution >= 0.6 is 0 Å². The van der Waals surface area contributed by atoms with Crippen LogP contribution in [0.25, 0.3) is 5.69 Å². The number of hydrogen-bond donors (Lipinski definition) is 0. The fourth-order valence-corrected chi connectivity index (χ4v) is 1.41. The summed E-state index contributed by atoms with van der Waals surface area (Å²) in [5, 5.41) is 0. The Labute approximate surface area is 83.0 Å². The monoisotopic (exact) mass is 188 g/mol. The van der Waals surface area contributed by atoms with E-state index in [9.17, 15) is 0 Å². The minimum Gasteiger partial charge on any atom is -0.497 e. The number of benzene rings is 1. The van der Waals surface area contributed by atoms with E-state index in [1.54, 1.807) is 13.3 Å². The standard InChI is InChI=1S/C11H12N2O/c1-9-12-6-7-13(9)10-4-3-5-11(8-10)14-2/h3-8H,1-2H3. The van der Waals surface area contributed by atoms with Crippen molar-refractivity contribution in [2.75, 3.05) is 7.11 Å². The van der Waals surface area contributed by atoms with Crippen LogP contribution < -0.4 is 4.74 Å². The van der Waals surface area contributed by atoms with E-state index in [1.165, 1.54) is 0 Å². The molecule has 0 bridgehead atoms. The number of ether oxygens (including phenoxy) is 1. The number of nitrogens with zero attached hydrogens (tertiary/aromatic N) is 2. The van der Waals surface area contributed by atoms with Gasteiger partial charge in [0, 0.05) is 18.5 Å². The molecular weight excluding hydrogens is 176 g/mol. The van der Waals surface area contributed by atoms with Gasteiger partial charge in [-0.05, 0) is 19.1 Å². The Morgan fingerprint density at radius 1 is 1.36 bits per heavy atom. The Morgan fingerprint density at radius 3 is 2.86 bits per heavy atom. The van der Waals surface area contributed by atoms with Crippen molar-refractivity contribution in [3.8, 4) is 11.4 Å². The van der Waals surface area contributed by atoms with Gasteiger partial charge in [-0.3, -0.25) is 0 Å². The normalized spacial score (nSPS) is 10.1. The molecule has 0 spiro atoms. The molecule has 72 valence electrons. The van der Waals surface area contributed by atoms with Gasteiger partial charge in [0.1, 0.15) is 11.6 Å². The fraction of sp³-hybridized carbons (Fsp3) is 0.182. The van der Waals surface area contributed by atoms with E-state index in [-0.39, 0.29) is 0 Å². The highest BCUT2D eigenvalue weighted by Crippen LogP contribution is 2.17. The van der Waals surface area contributed by atoms with Crippen LogP contribution in [-0.2, 0) is 0 Å². The molecule has 0 fully saturated rings. The number of aromatic nitrogens is 2. The average molecular weight is 188 g/mol. The molecule has 3 nitrogen and oxygen atoms in total. The van der Waals surface area contributed by atoms with Gasteiger partial charge in [-0.25, -0.2) is 4.98 Å². The van der Waals surface area contributed by atoms with Gasteiger partial charge >= 0.3 is 0 Å². The maximum atomic E-state index is 5.16. The van der Waals surface area contributed by atoms with Crippen molar-refractivity contribution in [2.45, 2.75) is 6.92 Å². The highest BCUT2D eigenvalue weighted by Gasteiger charge is 2.00. The smallest absolute Gasteiger partial charge is 0.120 e. The minimum absolute atomic E-state index is 0.857. The largest absolute Gasteiger partial charge is 0.497 e. The first-order valence-corrected chi connectivity index (χ1v) is 4.45. The molecule has 2 aromatic rings. The van der Waals surface area contributed by atoms with Crippen LogP contribution in [0.2, 0.25) is 0 Å². The van der Waals surface area contributed by atoms with E-state index in [1.807, 2.05) is 42.0 Å². The first-order chi connectivity index (χ1) is 6.81. The summed E-state index contributed by atoms with van der Waals surface area (Å²) in [6.45, 7) is 1.97. The summed E-state index contributed by atoms with van der Waals surface area (Å²) >= 11 is 0. The lowest BCUT2D eigenvalue weighted by molar-refractivity contribution is 0.414. The van der Waals surface area contributed by atoms with Crippen molar-refractivity contribution in [1.82, 2.24) is 9.55 Å².